The lowest BCUT2D eigenvalue weighted by Crippen LogP contribution is -2.42. The molecule has 2 heterocycles. The largest absolute Gasteiger partial charge is 0.460 e. The molecule has 0 aliphatic heterocycles. The van der Waals surface area contributed by atoms with E-state index < -0.39 is 11.6 Å². The van der Waals surface area contributed by atoms with Crippen molar-refractivity contribution in [2.75, 3.05) is 33.4 Å². The van der Waals surface area contributed by atoms with Crippen molar-refractivity contribution in [3.05, 3.63) is 44.8 Å². The molecule has 6 nitrogen and oxygen atoms in total. The van der Waals surface area contributed by atoms with Gasteiger partial charge in [-0.25, -0.2) is 4.79 Å². The highest BCUT2D eigenvalue weighted by molar-refractivity contribution is 7.12. The fraction of sp³-hybridized carbons (Fsp3) is 0.640. The van der Waals surface area contributed by atoms with Gasteiger partial charge in [0.05, 0.1) is 16.4 Å². The van der Waals surface area contributed by atoms with Gasteiger partial charge in [0.2, 0.25) is 5.60 Å². The molecule has 184 valence electrons. The van der Waals surface area contributed by atoms with E-state index >= 15 is 0 Å². The molecule has 0 spiro atoms. The van der Waals surface area contributed by atoms with Crippen LogP contribution in [0.2, 0.25) is 0 Å². The Morgan fingerprint density at radius 1 is 1.03 bits per heavy atom. The Labute approximate surface area is 205 Å². The zero-order valence-corrected chi connectivity index (χ0v) is 21.1. The molecule has 2 aromatic rings. The van der Waals surface area contributed by atoms with Crippen LogP contribution in [0.5, 0.6) is 0 Å². The Morgan fingerprint density at radius 2 is 1.67 bits per heavy atom. The number of ether oxygens (including phenoxy) is 2. The van der Waals surface area contributed by atoms with Crippen molar-refractivity contribution < 1.29 is 24.5 Å². The zero-order valence-electron chi connectivity index (χ0n) is 19.5. The first-order valence-electron chi connectivity index (χ1n) is 12.0. The van der Waals surface area contributed by atoms with E-state index in [1.807, 2.05) is 22.9 Å². The summed E-state index contributed by atoms with van der Waals surface area (Å²) in [6.45, 7) is 2.67. The maximum Gasteiger partial charge on any atom is 0.349 e. The highest BCUT2D eigenvalue weighted by Crippen LogP contribution is 2.38. The van der Waals surface area contributed by atoms with Gasteiger partial charge in [0.25, 0.3) is 0 Å². The standard InChI is InChI=1S/C25H37NO5S2/c1-26(14-17-30-16-5-3-2-4-15-27)20-10-12-21(13-11-20)31-24(28)25(29,22-8-6-18-32-22)23-9-7-19-33-23/h6-9,18-21,27,29H,2-5,10-17H2,1H3. The SMILES string of the molecule is CN(CCOCCCCCCO)C1CCC(OC(=O)C(O)(c2cccs2)c2cccs2)CC1. The van der Waals surface area contributed by atoms with Gasteiger partial charge in [-0.1, -0.05) is 25.0 Å². The van der Waals surface area contributed by atoms with E-state index in [1.165, 1.54) is 22.7 Å². The van der Waals surface area contributed by atoms with E-state index in [4.69, 9.17) is 14.6 Å². The summed E-state index contributed by atoms with van der Waals surface area (Å²) in [6, 6.07) is 7.72. The number of carbonyl (C=O) groups excluding carboxylic acids is 1. The number of thiophene rings is 2. The molecule has 8 heteroatoms. The lowest BCUT2D eigenvalue weighted by molar-refractivity contribution is -0.169. The molecule has 33 heavy (non-hydrogen) atoms. The first-order valence-corrected chi connectivity index (χ1v) is 13.7. The number of aliphatic hydroxyl groups is 2. The molecule has 3 rings (SSSR count). The Morgan fingerprint density at radius 3 is 2.24 bits per heavy atom. The van der Waals surface area contributed by atoms with E-state index in [0.29, 0.717) is 15.8 Å². The van der Waals surface area contributed by atoms with E-state index in [1.54, 1.807) is 12.1 Å². The van der Waals surface area contributed by atoms with Crippen molar-refractivity contribution in [3.8, 4) is 0 Å². The predicted octanol–water partition coefficient (Wildman–Crippen LogP) is 4.40. The van der Waals surface area contributed by atoms with Crippen LogP contribution in [0.3, 0.4) is 0 Å². The van der Waals surface area contributed by atoms with Crippen LogP contribution in [0.15, 0.2) is 35.0 Å². The van der Waals surface area contributed by atoms with Gasteiger partial charge in [-0.15, -0.1) is 22.7 Å². The van der Waals surface area contributed by atoms with Crippen molar-refractivity contribution in [3.63, 3.8) is 0 Å². The Hall–Kier alpha value is -1.29. The molecule has 0 amide bonds. The molecule has 0 atom stereocenters. The molecule has 0 radical (unpaired) electrons. The number of nitrogens with zero attached hydrogens (tertiary/aromatic N) is 1. The minimum Gasteiger partial charge on any atom is -0.460 e. The van der Waals surface area contributed by atoms with Crippen LogP contribution in [0, 0.1) is 0 Å². The number of unbranched alkanes of at least 4 members (excludes halogenated alkanes) is 3. The summed E-state index contributed by atoms with van der Waals surface area (Å²) >= 11 is 2.73. The molecule has 0 bridgehead atoms. The first kappa shape index (κ1) is 26.3. The first-order chi connectivity index (χ1) is 16.1. The topological polar surface area (TPSA) is 79.2 Å². The molecule has 2 aromatic heterocycles. The molecular formula is C25H37NO5S2. The average Bonchev–Trinajstić information content (AvgIpc) is 3.55. The molecule has 2 N–H and O–H groups in total. The van der Waals surface area contributed by atoms with Gasteiger partial charge in [0.15, 0.2) is 0 Å². The Kier molecular flexibility index (Phi) is 10.8. The van der Waals surface area contributed by atoms with E-state index in [9.17, 15) is 9.90 Å². The fourth-order valence-corrected chi connectivity index (χ4v) is 6.01. The van der Waals surface area contributed by atoms with Crippen LogP contribution in [-0.2, 0) is 19.9 Å². The summed E-state index contributed by atoms with van der Waals surface area (Å²) in [7, 11) is 2.13. The van der Waals surface area contributed by atoms with Crippen LogP contribution < -0.4 is 0 Å². The third-order valence-electron chi connectivity index (χ3n) is 6.38. The van der Waals surface area contributed by atoms with E-state index in [0.717, 1.165) is 71.1 Å². The summed E-state index contributed by atoms with van der Waals surface area (Å²) in [5.74, 6) is -0.573. The van der Waals surface area contributed by atoms with E-state index in [-0.39, 0.29) is 12.7 Å². The third-order valence-corrected chi connectivity index (χ3v) is 8.33. The van der Waals surface area contributed by atoms with Gasteiger partial charge >= 0.3 is 5.97 Å². The highest BCUT2D eigenvalue weighted by atomic mass is 32.1. The monoisotopic (exact) mass is 495 g/mol. The van der Waals surface area contributed by atoms with Crippen LogP contribution in [-0.4, -0.2) is 66.6 Å². The lowest BCUT2D eigenvalue weighted by atomic mass is 9.91. The summed E-state index contributed by atoms with van der Waals surface area (Å²) < 4.78 is 11.6. The number of esters is 1. The second kappa shape index (κ2) is 13.6. The smallest absolute Gasteiger partial charge is 0.349 e. The zero-order chi connectivity index (χ0) is 23.5. The number of hydrogen-bond acceptors (Lipinski definition) is 8. The fourth-order valence-electron chi connectivity index (χ4n) is 4.29. The van der Waals surface area contributed by atoms with Crippen LogP contribution >= 0.6 is 22.7 Å². The predicted molar refractivity (Wildman–Crippen MR) is 133 cm³/mol. The molecule has 0 unspecified atom stereocenters. The van der Waals surface area contributed by atoms with Gasteiger partial charge in [0, 0.05) is 25.8 Å². The van der Waals surface area contributed by atoms with Gasteiger partial charge in [-0.2, -0.15) is 0 Å². The molecule has 1 aliphatic carbocycles. The third kappa shape index (κ3) is 7.34. The van der Waals surface area contributed by atoms with Crippen molar-refractivity contribution in [1.82, 2.24) is 4.90 Å². The maximum atomic E-state index is 13.1. The maximum absolute atomic E-state index is 13.1. The number of likely N-dealkylation sites (N-methyl/N-ethyl adjacent to an activating group) is 1. The van der Waals surface area contributed by atoms with Crippen molar-refractivity contribution >= 4 is 28.6 Å². The molecule has 0 aromatic carbocycles. The van der Waals surface area contributed by atoms with Crippen LogP contribution in [0.4, 0.5) is 0 Å². The normalized spacial score (nSPS) is 19.2. The molecule has 0 saturated heterocycles. The van der Waals surface area contributed by atoms with Crippen LogP contribution in [0.1, 0.15) is 61.1 Å². The van der Waals surface area contributed by atoms with Crippen LogP contribution in [0.25, 0.3) is 0 Å². The Bertz CT molecular complexity index is 754. The number of carbonyl (C=O) groups is 1. The highest BCUT2D eigenvalue weighted by Gasteiger charge is 2.45. The number of hydrogen-bond donors (Lipinski definition) is 2. The summed E-state index contributed by atoms with van der Waals surface area (Å²) in [5.41, 5.74) is -1.73. The Balaban J connectivity index is 1.40. The number of aliphatic hydroxyl groups excluding tert-OH is 1. The molecule has 1 aliphatic rings. The van der Waals surface area contributed by atoms with Gasteiger partial charge < -0.3 is 24.6 Å². The van der Waals surface area contributed by atoms with E-state index in [2.05, 4.69) is 11.9 Å². The number of rotatable bonds is 14. The average molecular weight is 496 g/mol. The van der Waals surface area contributed by atoms with Gasteiger partial charge in [0.1, 0.15) is 6.10 Å². The lowest BCUT2D eigenvalue weighted by Gasteiger charge is -2.35. The minimum absolute atomic E-state index is 0.163. The van der Waals surface area contributed by atoms with Gasteiger partial charge in [-0.05, 0) is 68.5 Å². The molecule has 1 saturated carbocycles. The molecule has 1 fully saturated rings. The summed E-state index contributed by atoms with van der Waals surface area (Å²) in [6.07, 6.45) is 7.46. The van der Waals surface area contributed by atoms with Gasteiger partial charge in [-0.3, -0.25) is 0 Å². The minimum atomic E-state index is -1.73. The van der Waals surface area contributed by atoms with Crippen molar-refractivity contribution in [2.24, 2.45) is 0 Å². The quantitative estimate of drug-likeness (QED) is 0.299. The summed E-state index contributed by atoms with van der Waals surface area (Å²) in [4.78, 5) is 16.7. The second-order valence-electron chi connectivity index (χ2n) is 8.73. The summed E-state index contributed by atoms with van der Waals surface area (Å²) in [5, 5.41) is 23.9. The second-order valence-corrected chi connectivity index (χ2v) is 10.6. The van der Waals surface area contributed by atoms with Crippen molar-refractivity contribution in [2.45, 2.75) is 69.1 Å². The molecular weight excluding hydrogens is 458 g/mol. The van der Waals surface area contributed by atoms with Crippen molar-refractivity contribution in [1.29, 1.82) is 0 Å².